The van der Waals surface area contributed by atoms with E-state index in [2.05, 4.69) is 20.9 Å². The summed E-state index contributed by atoms with van der Waals surface area (Å²) >= 11 is 0. The Morgan fingerprint density at radius 1 is 1.28 bits per heavy atom. The Bertz CT molecular complexity index is 1010. The molecule has 0 bridgehead atoms. The number of hydrogen-bond donors (Lipinski definition) is 1. The summed E-state index contributed by atoms with van der Waals surface area (Å²) < 4.78 is 7.41. The molecule has 0 spiro atoms. The fourth-order valence-electron chi connectivity index (χ4n) is 4.10. The van der Waals surface area contributed by atoms with Crippen LogP contribution in [0, 0.1) is 13.8 Å². The van der Waals surface area contributed by atoms with Crippen LogP contribution in [0.2, 0.25) is 0 Å². The van der Waals surface area contributed by atoms with Gasteiger partial charge >= 0.3 is 6.03 Å². The number of likely N-dealkylation sites (tertiary alicyclic amines) is 1. The molecular weight excluding hydrogens is 366 g/mol. The molecule has 7 nitrogen and oxygen atoms in total. The highest BCUT2D eigenvalue weighted by atomic mass is 16.5. The summed E-state index contributed by atoms with van der Waals surface area (Å²) in [5.41, 5.74) is 4.87. The molecule has 0 aliphatic carbocycles. The lowest BCUT2D eigenvalue weighted by Crippen LogP contribution is -2.33. The number of rotatable bonds is 5. The number of aryl methyl sites for hydroxylation is 2. The number of ether oxygens (including phenoxy) is 1. The molecule has 2 aromatic heterocycles. The lowest BCUT2D eigenvalue weighted by molar-refractivity contribution is 0.186. The molecule has 0 radical (unpaired) electrons. The number of hydrogen-bond acceptors (Lipinski definition) is 4. The molecule has 1 aliphatic heterocycles. The van der Waals surface area contributed by atoms with E-state index >= 15 is 0 Å². The molecular formula is C22H27N5O2. The lowest BCUT2D eigenvalue weighted by Gasteiger charge is -2.18. The maximum absolute atomic E-state index is 12.8. The van der Waals surface area contributed by atoms with Crippen LogP contribution in [0.1, 0.15) is 29.3 Å². The van der Waals surface area contributed by atoms with Crippen molar-refractivity contribution in [2.75, 3.05) is 32.1 Å². The molecule has 2 amide bonds. The van der Waals surface area contributed by atoms with Gasteiger partial charge in [0.15, 0.2) is 5.65 Å². The summed E-state index contributed by atoms with van der Waals surface area (Å²) in [6.45, 7) is 6.72. The molecule has 3 aromatic rings. The quantitative estimate of drug-likeness (QED) is 0.717. The molecule has 1 atom stereocenters. The van der Waals surface area contributed by atoms with Crippen molar-refractivity contribution in [2.24, 2.45) is 0 Å². The third-order valence-electron chi connectivity index (χ3n) is 5.37. The van der Waals surface area contributed by atoms with E-state index < -0.39 is 0 Å². The molecule has 29 heavy (non-hydrogen) atoms. The number of benzene rings is 1. The first kappa shape index (κ1) is 19.4. The molecule has 1 saturated heterocycles. The number of carbonyl (C=O) groups is 1. The van der Waals surface area contributed by atoms with Gasteiger partial charge in [0.1, 0.15) is 11.3 Å². The average molecular weight is 393 g/mol. The van der Waals surface area contributed by atoms with Gasteiger partial charge in [-0.15, -0.1) is 0 Å². The first-order chi connectivity index (χ1) is 14.0. The maximum Gasteiger partial charge on any atom is 0.321 e. The SMILES string of the molecule is COCCn1c(C2CCN(C(=O)Nc3cc(C)cc(C)c3)C2)nc2cccnc21. The van der Waals surface area contributed by atoms with E-state index in [0.717, 1.165) is 40.2 Å². The zero-order valence-corrected chi connectivity index (χ0v) is 17.2. The van der Waals surface area contributed by atoms with Gasteiger partial charge in [-0.2, -0.15) is 0 Å². The summed E-state index contributed by atoms with van der Waals surface area (Å²) in [6, 6.07) is 9.91. The van der Waals surface area contributed by atoms with E-state index in [-0.39, 0.29) is 11.9 Å². The zero-order chi connectivity index (χ0) is 20.4. The number of nitrogens with one attached hydrogen (secondary N) is 1. The second-order valence-electron chi connectivity index (χ2n) is 7.70. The van der Waals surface area contributed by atoms with Crippen molar-refractivity contribution in [3.05, 3.63) is 53.5 Å². The van der Waals surface area contributed by atoms with Gasteiger partial charge < -0.3 is 19.5 Å². The Labute approximate surface area is 170 Å². The predicted molar refractivity (Wildman–Crippen MR) is 113 cm³/mol. The van der Waals surface area contributed by atoms with E-state index in [1.54, 1.807) is 13.3 Å². The predicted octanol–water partition coefficient (Wildman–Crippen LogP) is 3.72. The Morgan fingerprint density at radius 2 is 2.07 bits per heavy atom. The standard InChI is InChI=1S/C22H27N5O2/c1-15-11-16(2)13-18(12-15)24-22(28)26-8-6-17(14-26)20-25-19-5-4-7-23-21(19)27(20)9-10-29-3/h4-5,7,11-13,17H,6,8-10,14H2,1-3H3,(H,24,28). The van der Waals surface area contributed by atoms with Gasteiger partial charge in [0.25, 0.3) is 0 Å². The Morgan fingerprint density at radius 3 is 2.83 bits per heavy atom. The van der Waals surface area contributed by atoms with Gasteiger partial charge in [0, 0.05) is 44.5 Å². The van der Waals surface area contributed by atoms with Crippen molar-refractivity contribution in [1.29, 1.82) is 0 Å². The summed E-state index contributed by atoms with van der Waals surface area (Å²) in [4.78, 5) is 24.0. The number of nitrogens with zero attached hydrogens (tertiary/aromatic N) is 4. The third-order valence-corrected chi connectivity index (χ3v) is 5.37. The number of methoxy groups -OCH3 is 1. The molecule has 3 heterocycles. The van der Waals surface area contributed by atoms with Crippen LogP contribution in [0.25, 0.3) is 11.2 Å². The van der Waals surface area contributed by atoms with Crippen molar-refractivity contribution in [3.63, 3.8) is 0 Å². The normalized spacial score (nSPS) is 16.5. The number of aromatic nitrogens is 3. The molecule has 1 unspecified atom stereocenters. The number of amides is 2. The van der Waals surface area contributed by atoms with Gasteiger partial charge in [-0.1, -0.05) is 6.07 Å². The molecule has 152 valence electrons. The summed E-state index contributed by atoms with van der Waals surface area (Å²) in [6.07, 6.45) is 2.67. The summed E-state index contributed by atoms with van der Waals surface area (Å²) in [5, 5.41) is 3.04. The van der Waals surface area contributed by atoms with Gasteiger partial charge in [0.2, 0.25) is 0 Å². The molecule has 1 aromatic carbocycles. The number of imidazole rings is 1. The second-order valence-corrected chi connectivity index (χ2v) is 7.70. The fourth-order valence-corrected chi connectivity index (χ4v) is 4.10. The zero-order valence-electron chi connectivity index (χ0n) is 17.2. The number of pyridine rings is 1. The number of urea groups is 1. The number of carbonyl (C=O) groups excluding carboxylic acids is 1. The van der Waals surface area contributed by atoms with Crippen LogP contribution in [0.15, 0.2) is 36.5 Å². The van der Waals surface area contributed by atoms with Crippen LogP contribution in [0.3, 0.4) is 0 Å². The largest absolute Gasteiger partial charge is 0.383 e. The van der Waals surface area contributed by atoms with Crippen LogP contribution >= 0.6 is 0 Å². The highest BCUT2D eigenvalue weighted by Crippen LogP contribution is 2.29. The smallest absolute Gasteiger partial charge is 0.321 e. The first-order valence-corrected chi connectivity index (χ1v) is 9.99. The van der Waals surface area contributed by atoms with Gasteiger partial charge in [0.05, 0.1) is 6.61 Å². The summed E-state index contributed by atoms with van der Waals surface area (Å²) in [7, 11) is 1.70. The topological polar surface area (TPSA) is 72.3 Å². The van der Waals surface area contributed by atoms with Crippen molar-refractivity contribution in [1.82, 2.24) is 19.4 Å². The van der Waals surface area contributed by atoms with Crippen molar-refractivity contribution in [2.45, 2.75) is 32.7 Å². The molecule has 4 rings (SSSR count). The second kappa shape index (κ2) is 8.21. The van der Waals surface area contributed by atoms with Crippen LogP contribution in [-0.4, -0.2) is 52.3 Å². The van der Waals surface area contributed by atoms with E-state index in [4.69, 9.17) is 9.72 Å². The van der Waals surface area contributed by atoms with Crippen molar-refractivity contribution < 1.29 is 9.53 Å². The minimum Gasteiger partial charge on any atom is -0.383 e. The summed E-state index contributed by atoms with van der Waals surface area (Å²) in [5.74, 6) is 1.17. The monoisotopic (exact) mass is 393 g/mol. The fraction of sp³-hybridized carbons (Fsp3) is 0.409. The minimum atomic E-state index is -0.0600. The van der Waals surface area contributed by atoms with Gasteiger partial charge in [-0.3, -0.25) is 0 Å². The van der Waals surface area contributed by atoms with Crippen LogP contribution in [0.4, 0.5) is 10.5 Å². The van der Waals surface area contributed by atoms with Gasteiger partial charge in [-0.05, 0) is 55.7 Å². The minimum absolute atomic E-state index is 0.0600. The molecule has 7 heteroatoms. The van der Waals surface area contributed by atoms with Crippen LogP contribution in [-0.2, 0) is 11.3 Å². The van der Waals surface area contributed by atoms with Crippen LogP contribution < -0.4 is 5.32 Å². The van der Waals surface area contributed by atoms with E-state index in [9.17, 15) is 4.79 Å². The number of fused-ring (bicyclic) bond motifs is 1. The Hall–Kier alpha value is -2.93. The molecule has 1 aliphatic rings. The number of anilines is 1. The Balaban J connectivity index is 1.51. The van der Waals surface area contributed by atoms with Crippen molar-refractivity contribution >= 4 is 22.9 Å². The third kappa shape index (κ3) is 4.10. The van der Waals surface area contributed by atoms with E-state index in [1.807, 2.05) is 43.0 Å². The molecule has 1 fully saturated rings. The molecule has 1 N–H and O–H groups in total. The maximum atomic E-state index is 12.8. The van der Waals surface area contributed by atoms with E-state index in [0.29, 0.717) is 26.2 Å². The van der Waals surface area contributed by atoms with Crippen molar-refractivity contribution in [3.8, 4) is 0 Å². The highest BCUT2D eigenvalue weighted by Gasteiger charge is 2.31. The Kier molecular flexibility index (Phi) is 5.49. The first-order valence-electron chi connectivity index (χ1n) is 9.99. The van der Waals surface area contributed by atoms with E-state index in [1.165, 1.54) is 0 Å². The average Bonchev–Trinajstić information content (AvgIpc) is 3.30. The highest BCUT2D eigenvalue weighted by molar-refractivity contribution is 5.89. The molecule has 0 saturated carbocycles. The lowest BCUT2D eigenvalue weighted by atomic mass is 10.1. The van der Waals surface area contributed by atoms with Crippen LogP contribution in [0.5, 0.6) is 0 Å². The van der Waals surface area contributed by atoms with Gasteiger partial charge in [-0.25, -0.2) is 14.8 Å².